The molecule has 0 amide bonds. The molecule has 0 aromatic heterocycles. The van der Waals surface area contributed by atoms with Crippen LogP contribution in [0, 0.1) is 5.92 Å². The first kappa shape index (κ1) is 7.54. The van der Waals surface area contributed by atoms with Crippen molar-refractivity contribution in [1.29, 1.82) is 0 Å². The highest BCUT2D eigenvalue weighted by atomic mass is 16.3. The Morgan fingerprint density at radius 3 is 3.10 bits per heavy atom. The van der Waals surface area contributed by atoms with Crippen LogP contribution in [0.5, 0.6) is 0 Å². The van der Waals surface area contributed by atoms with Gasteiger partial charge in [-0.15, -0.1) is 0 Å². The molecule has 10 heavy (non-hydrogen) atoms. The summed E-state index contributed by atoms with van der Waals surface area (Å²) in [4.78, 5) is 4.03. The van der Waals surface area contributed by atoms with E-state index in [0.29, 0.717) is 12.0 Å². The van der Waals surface area contributed by atoms with Gasteiger partial charge in [0, 0.05) is 12.5 Å². The number of nitrogens with zero attached hydrogens (tertiary/aromatic N) is 1. The molecule has 0 aromatic rings. The normalized spacial score (nSPS) is 26.4. The predicted molar refractivity (Wildman–Crippen MR) is 41.1 cm³/mol. The van der Waals surface area contributed by atoms with Crippen molar-refractivity contribution < 1.29 is 5.11 Å². The Hall–Kier alpha value is -0.570. The molecular weight excluding hydrogens is 128 g/mol. The van der Waals surface area contributed by atoms with Gasteiger partial charge in [-0.05, 0) is 6.42 Å². The van der Waals surface area contributed by atoms with Gasteiger partial charge in [-0.3, -0.25) is 4.99 Å². The second-order valence-electron chi connectivity index (χ2n) is 2.62. The van der Waals surface area contributed by atoms with E-state index < -0.39 is 0 Å². The average Bonchev–Trinajstić information content (AvgIpc) is 2.43. The lowest BCUT2D eigenvalue weighted by Crippen LogP contribution is -2.35. The molecule has 2 atom stereocenters. The van der Waals surface area contributed by atoms with Crippen molar-refractivity contribution in [1.82, 2.24) is 5.32 Å². The molecular formula is C7H14N2O. The van der Waals surface area contributed by atoms with Gasteiger partial charge in [0.05, 0.1) is 18.9 Å². The minimum Gasteiger partial charge on any atom is -0.396 e. The second kappa shape index (κ2) is 3.56. The molecule has 0 radical (unpaired) electrons. The number of aliphatic hydroxyl groups is 1. The van der Waals surface area contributed by atoms with Gasteiger partial charge >= 0.3 is 0 Å². The highest BCUT2D eigenvalue weighted by Gasteiger charge is 2.19. The average molecular weight is 142 g/mol. The fourth-order valence-electron chi connectivity index (χ4n) is 1.19. The molecule has 2 N–H and O–H groups in total. The van der Waals surface area contributed by atoms with E-state index in [-0.39, 0.29) is 6.61 Å². The number of aliphatic imine (C=N–C) groups is 1. The van der Waals surface area contributed by atoms with E-state index >= 15 is 0 Å². The summed E-state index contributed by atoms with van der Waals surface area (Å²) in [5.74, 6) is 0.363. The minimum atomic E-state index is 0.261. The Morgan fingerprint density at radius 1 is 1.90 bits per heavy atom. The zero-order valence-electron chi connectivity index (χ0n) is 6.25. The first-order valence-corrected chi connectivity index (χ1v) is 3.73. The molecule has 3 nitrogen and oxygen atoms in total. The van der Waals surface area contributed by atoms with E-state index in [1.54, 1.807) is 6.34 Å². The van der Waals surface area contributed by atoms with Crippen LogP contribution < -0.4 is 5.32 Å². The van der Waals surface area contributed by atoms with Crippen LogP contribution in [0.2, 0.25) is 0 Å². The third-order valence-electron chi connectivity index (χ3n) is 2.01. The molecule has 0 fully saturated rings. The Morgan fingerprint density at radius 2 is 2.70 bits per heavy atom. The van der Waals surface area contributed by atoms with Gasteiger partial charge in [-0.2, -0.15) is 0 Å². The van der Waals surface area contributed by atoms with Gasteiger partial charge in [0.25, 0.3) is 0 Å². The first-order valence-electron chi connectivity index (χ1n) is 3.73. The van der Waals surface area contributed by atoms with Crippen molar-refractivity contribution in [2.75, 3.05) is 13.2 Å². The van der Waals surface area contributed by atoms with E-state index in [4.69, 9.17) is 5.11 Å². The summed E-state index contributed by atoms with van der Waals surface area (Å²) in [6.07, 6.45) is 2.74. The maximum absolute atomic E-state index is 8.89. The summed E-state index contributed by atoms with van der Waals surface area (Å²) >= 11 is 0. The fourth-order valence-corrected chi connectivity index (χ4v) is 1.19. The van der Waals surface area contributed by atoms with Crippen LogP contribution in [0.1, 0.15) is 13.3 Å². The van der Waals surface area contributed by atoms with Crippen molar-refractivity contribution in [3.8, 4) is 0 Å². The van der Waals surface area contributed by atoms with Gasteiger partial charge in [-0.1, -0.05) is 6.92 Å². The van der Waals surface area contributed by atoms with E-state index in [2.05, 4.69) is 17.2 Å². The van der Waals surface area contributed by atoms with Gasteiger partial charge in [0.2, 0.25) is 0 Å². The molecule has 1 rings (SSSR count). The lowest BCUT2D eigenvalue weighted by atomic mass is 9.99. The third kappa shape index (κ3) is 1.48. The molecule has 1 heterocycles. The van der Waals surface area contributed by atoms with Crippen molar-refractivity contribution in [3.63, 3.8) is 0 Å². The highest BCUT2D eigenvalue weighted by Crippen LogP contribution is 2.09. The van der Waals surface area contributed by atoms with Gasteiger partial charge in [-0.25, -0.2) is 0 Å². The molecule has 0 aromatic carbocycles. The van der Waals surface area contributed by atoms with Crippen LogP contribution in [0.3, 0.4) is 0 Å². The molecule has 2 unspecified atom stereocenters. The Labute approximate surface area is 61.2 Å². The van der Waals surface area contributed by atoms with Crippen LogP contribution in [0.25, 0.3) is 0 Å². The summed E-state index contributed by atoms with van der Waals surface area (Å²) in [7, 11) is 0. The lowest BCUT2D eigenvalue weighted by Gasteiger charge is -2.18. The number of rotatable bonds is 3. The van der Waals surface area contributed by atoms with Crippen molar-refractivity contribution in [2.24, 2.45) is 10.9 Å². The predicted octanol–water partition coefficient (Wildman–Crippen LogP) is 0.00500. The zero-order chi connectivity index (χ0) is 7.40. The van der Waals surface area contributed by atoms with Gasteiger partial charge < -0.3 is 10.4 Å². The Bertz CT molecular complexity index is 113. The molecule has 0 spiro atoms. The second-order valence-corrected chi connectivity index (χ2v) is 2.62. The largest absolute Gasteiger partial charge is 0.396 e. The molecule has 0 aliphatic carbocycles. The zero-order valence-corrected chi connectivity index (χ0v) is 6.25. The van der Waals surface area contributed by atoms with Crippen LogP contribution in [0.4, 0.5) is 0 Å². The molecule has 0 saturated heterocycles. The van der Waals surface area contributed by atoms with Crippen molar-refractivity contribution in [3.05, 3.63) is 0 Å². The third-order valence-corrected chi connectivity index (χ3v) is 2.01. The molecule has 0 bridgehead atoms. The first-order chi connectivity index (χ1) is 4.88. The molecule has 58 valence electrons. The van der Waals surface area contributed by atoms with Crippen LogP contribution >= 0.6 is 0 Å². The molecule has 0 saturated carbocycles. The Balaban J connectivity index is 2.31. The number of nitrogens with one attached hydrogen (secondary N) is 1. The van der Waals surface area contributed by atoms with E-state index in [1.807, 2.05) is 0 Å². The fraction of sp³-hybridized carbons (Fsp3) is 0.857. The Kier molecular flexibility index (Phi) is 2.68. The summed E-state index contributed by atoms with van der Waals surface area (Å²) in [5.41, 5.74) is 0. The quantitative estimate of drug-likeness (QED) is 0.583. The number of aliphatic hydroxyl groups excluding tert-OH is 1. The number of hydrogen-bond donors (Lipinski definition) is 2. The van der Waals surface area contributed by atoms with Crippen molar-refractivity contribution in [2.45, 2.75) is 19.4 Å². The summed E-state index contributed by atoms with van der Waals surface area (Å²) in [6.45, 7) is 3.16. The maximum atomic E-state index is 8.89. The minimum absolute atomic E-state index is 0.261. The van der Waals surface area contributed by atoms with Gasteiger partial charge in [0.1, 0.15) is 0 Å². The smallest absolute Gasteiger partial charge is 0.0827 e. The highest BCUT2D eigenvalue weighted by molar-refractivity contribution is 5.57. The summed E-state index contributed by atoms with van der Waals surface area (Å²) in [5, 5.41) is 12.0. The molecule has 1 aliphatic rings. The topological polar surface area (TPSA) is 44.6 Å². The van der Waals surface area contributed by atoms with Crippen LogP contribution in [-0.2, 0) is 0 Å². The van der Waals surface area contributed by atoms with Crippen LogP contribution in [-0.4, -0.2) is 30.6 Å². The SMILES string of the molecule is CCC(CO)C1CN=CN1. The summed E-state index contributed by atoms with van der Waals surface area (Å²) < 4.78 is 0. The number of hydrogen-bond acceptors (Lipinski definition) is 3. The van der Waals surface area contributed by atoms with E-state index in [9.17, 15) is 0 Å². The summed E-state index contributed by atoms with van der Waals surface area (Å²) in [6, 6.07) is 0.370. The van der Waals surface area contributed by atoms with Crippen LogP contribution in [0.15, 0.2) is 4.99 Å². The standard InChI is InChI=1S/C7H14N2O/c1-2-6(4-10)7-3-8-5-9-7/h5-7,10H,2-4H2,1H3,(H,8,9). The van der Waals surface area contributed by atoms with Crippen molar-refractivity contribution >= 4 is 6.34 Å². The maximum Gasteiger partial charge on any atom is 0.0827 e. The van der Waals surface area contributed by atoms with E-state index in [1.165, 1.54) is 0 Å². The monoisotopic (exact) mass is 142 g/mol. The van der Waals surface area contributed by atoms with E-state index in [0.717, 1.165) is 13.0 Å². The lowest BCUT2D eigenvalue weighted by molar-refractivity contribution is 0.198. The molecule has 3 heteroatoms. The molecule has 1 aliphatic heterocycles. The van der Waals surface area contributed by atoms with Gasteiger partial charge in [0.15, 0.2) is 0 Å².